The Balaban J connectivity index is 0.00000133. The highest BCUT2D eigenvalue weighted by Gasteiger charge is 2.23. The quantitative estimate of drug-likeness (QED) is 0.434. The molecule has 174 valence electrons. The zero-order chi connectivity index (χ0) is 24.1. The number of benzene rings is 2. The highest BCUT2D eigenvalue weighted by molar-refractivity contribution is 5.84. The average molecular weight is 460 g/mol. The Bertz CT molecular complexity index is 1390. The fourth-order valence-electron chi connectivity index (χ4n) is 3.81. The molecule has 1 aliphatic rings. The molecule has 2 aromatic heterocycles. The van der Waals surface area contributed by atoms with Gasteiger partial charge in [0.25, 0.3) is 5.56 Å². The number of halogens is 1. The smallest absolute Gasteiger partial charge is 0.269 e. The highest BCUT2D eigenvalue weighted by Crippen LogP contribution is 2.33. The van der Waals surface area contributed by atoms with Gasteiger partial charge in [0.1, 0.15) is 29.0 Å². The standard InChI is InChI=1S/C23H20FN7O.C2H6/c1-2-16(29-21-19-20(27-13-28-21)26-12-11-25-19)22-30-17-10-6-9-15(24)18(17)23(32)31(22)14-7-4-3-5-8-14;1-2/h3-10,12-13,16,25H,2,11H2,1H3,(H,27,28,29);1-2H3. The number of rotatable bonds is 5. The van der Waals surface area contributed by atoms with Gasteiger partial charge in [-0.25, -0.2) is 24.3 Å². The molecule has 0 aliphatic carbocycles. The molecular weight excluding hydrogens is 433 g/mol. The molecule has 4 aromatic rings. The lowest BCUT2D eigenvalue weighted by molar-refractivity contribution is 0.630. The summed E-state index contributed by atoms with van der Waals surface area (Å²) in [7, 11) is 0. The Morgan fingerprint density at radius 1 is 1.12 bits per heavy atom. The van der Waals surface area contributed by atoms with E-state index in [9.17, 15) is 9.18 Å². The molecule has 2 aromatic carbocycles. The molecule has 3 heterocycles. The number of hydrogen-bond acceptors (Lipinski definition) is 7. The zero-order valence-electron chi connectivity index (χ0n) is 19.3. The van der Waals surface area contributed by atoms with Crippen LogP contribution >= 0.6 is 0 Å². The number of nitrogens with one attached hydrogen (secondary N) is 2. The Labute approximate surface area is 196 Å². The van der Waals surface area contributed by atoms with Gasteiger partial charge in [0.2, 0.25) is 0 Å². The molecule has 0 bridgehead atoms. The van der Waals surface area contributed by atoms with E-state index < -0.39 is 11.4 Å². The molecule has 9 heteroatoms. The van der Waals surface area contributed by atoms with Crippen molar-refractivity contribution in [2.24, 2.45) is 4.99 Å². The van der Waals surface area contributed by atoms with Crippen LogP contribution in [0.3, 0.4) is 0 Å². The van der Waals surface area contributed by atoms with Crippen molar-refractivity contribution in [2.45, 2.75) is 33.2 Å². The molecule has 8 nitrogen and oxygen atoms in total. The van der Waals surface area contributed by atoms with E-state index >= 15 is 0 Å². The van der Waals surface area contributed by atoms with E-state index in [1.165, 1.54) is 17.0 Å². The van der Waals surface area contributed by atoms with Gasteiger partial charge >= 0.3 is 0 Å². The first-order valence-corrected chi connectivity index (χ1v) is 11.3. The maximum Gasteiger partial charge on any atom is 0.269 e. The van der Waals surface area contributed by atoms with E-state index in [2.05, 4.69) is 25.6 Å². The summed E-state index contributed by atoms with van der Waals surface area (Å²) in [4.78, 5) is 31.1. The van der Waals surface area contributed by atoms with E-state index in [1.54, 1.807) is 30.5 Å². The van der Waals surface area contributed by atoms with Gasteiger partial charge in [0, 0.05) is 6.21 Å². The molecule has 2 N–H and O–H groups in total. The minimum Gasteiger partial charge on any atom is -0.374 e. The lowest BCUT2D eigenvalue weighted by atomic mass is 10.1. The molecule has 0 saturated carbocycles. The number of hydrogen-bond donors (Lipinski definition) is 2. The Morgan fingerprint density at radius 2 is 1.91 bits per heavy atom. The monoisotopic (exact) mass is 459 g/mol. The second-order valence-corrected chi connectivity index (χ2v) is 7.30. The second kappa shape index (κ2) is 10.2. The molecule has 0 saturated heterocycles. The highest BCUT2D eigenvalue weighted by atomic mass is 19.1. The molecule has 0 amide bonds. The molecular formula is C25H26FN7O. The molecule has 0 spiro atoms. The fraction of sp³-hybridized carbons (Fsp3) is 0.240. The SMILES string of the molecule is CC.CCC(Nc1ncnc2c1NCC=N2)c1nc2cccc(F)c2c(=O)n1-c1ccccc1. The normalized spacial score (nSPS) is 12.8. The first-order valence-electron chi connectivity index (χ1n) is 11.3. The summed E-state index contributed by atoms with van der Waals surface area (Å²) < 4.78 is 16.0. The minimum absolute atomic E-state index is 0.0367. The zero-order valence-corrected chi connectivity index (χ0v) is 19.3. The largest absolute Gasteiger partial charge is 0.374 e. The van der Waals surface area contributed by atoms with E-state index in [1.807, 2.05) is 39.0 Å². The van der Waals surface area contributed by atoms with Gasteiger partial charge in [-0.2, -0.15) is 0 Å². The molecule has 5 rings (SSSR count). The Morgan fingerprint density at radius 3 is 2.68 bits per heavy atom. The first kappa shape index (κ1) is 23.0. The molecule has 34 heavy (non-hydrogen) atoms. The van der Waals surface area contributed by atoms with Crippen LogP contribution < -0.4 is 16.2 Å². The van der Waals surface area contributed by atoms with Crippen molar-refractivity contribution in [3.8, 4) is 5.69 Å². The summed E-state index contributed by atoms with van der Waals surface area (Å²) in [5.74, 6) is 0.974. The van der Waals surface area contributed by atoms with Gasteiger partial charge in [0.05, 0.1) is 23.8 Å². The van der Waals surface area contributed by atoms with Crippen LogP contribution in [0.25, 0.3) is 16.6 Å². The van der Waals surface area contributed by atoms with Crippen molar-refractivity contribution in [1.29, 1.82) is 0 Å². The van der Waals surface area contributed by atoms with Crippen LogP contribution in [-0.2, 0) is 0 Å². The van der Waals surface area contributed by atoms with Crippen LogP contribution in [0.2, 0.25) is 0 Å². The third-order valence-corrected chi connectivity index (χ3v) is 5.33. The number of aromatic nitrogens is 4. The van der Waals surface area contributed by atoms with E-state index in [-0.39, 0.29) is 11.4 Å². The maximum atomic E-state index is 14.6. The van der Waals surface area contributed by atoms with Gasteiger partial charge < -0.3 is 10.6 Å². The van der Waals surface area contributed by atoms with Crippen molar-refractivity contribution >= 4 is 34.4 Å². The van der Waals surface area contributed by atoms with Gasteiger partial charge in [-0.15, -0.1) is 0 Å². The van der Waals surface area contributed by atoms with Crippen LogP contribution in [0.1, 0.15) is 39.1 Å². The molecule has 1 aliphatic heterocycles. The molecule has 0 fully saturated rings. The van der Waals surface area contributed by atoms with E-state index in [4.69, 9.17) is 4.98 Å². The summed E-state index contributed by atoms with van der Waals surface area (Å²) in [5.41, 5.74) is 1.15. The predicted molar refractivity (Wildman–Crippen MR) is 134 cm³/mol. The van der Waals surface area contributed by atoms with Gasteiger partial charge in [-0.3, -0.25) is 9.36 Å². The Hall–Kier alpha value is -4.14. The third kappa shape index (κ3) is 4.24. The maximum absolute atomic E-state index is 14.6. The lowest BCUT2D eigenvalue weighted by Crippen LogP contribution is -2.29. The lowest BCUT2D eigenvalue weighted by Gasteiger charge is -2.24. The van der Waals surface area contributed by atoms with Crippen LogP contribution in [0.4, 0.5) is 21.7 Å². The summed E-state index contributed by atoms with van der Waals surface area (Å²) in [5, 5.41) is 6.58. The fourth-order valence-corrected chi connectivity index (χ4v) is 3.81. The summed E-state index contributed by atoms with van der Waals surface area (Å²) >= 11 is 0. The molecule has 1 atom stereocenters. The minimum atomic E-state index is -0.593. The predicted octanol–water partition coefficient (Wildman–Crippen LogP) is 5.03. The van der Waals surface area contributed by atoms with Gasteiger partial charge in [-0.05, 0) is 30.7 Å². The number of fused-ring (bicyclic) bond motifs is 2. The van der Waals surface area contributed by atoms with Crippen LogP contribution in [0, 0.1) is 5.82 Å². The molecule has 1 unspecified atom stereocenters. The van der Waals surface area contributed by atoms with Gasteiger partial charge in [0.15, 0.2) is 11.6 Å². The van der Waals surface area contributed by atoms with Crippen LogP contribution in [-0.4, -0.2) is 32.3 Å². The number of anilines is 2. The average Bonchev–Trinajstić information content (AvgIpc) is 2.89. The van der Waals surface area contributed by atoms with Crippen molar-refractivity contribution in [2.75, 3.05) is 17.2 Å². The first-order chi connectivity index (χ1) is 16.7. The summed E-state index contributed by atoms with van der Waals surface area (Å²) in [6, 6.07) is 13.2. The Kier molecular flexibility index (Phi) is 6.91. The van der Waals surface area contributed by atoms with Crippen LogP contribution in [0.5, 0.6) is 0 Å². The van der Waals surface area contributed by atoms with E-state index in [0.29, 0.717) is 47.3 Å². The topological polar surface area (TPSA) is 97.1 Å². The number of para-hydroxylation sites is 1. The van der Waals surface area contributed by atoms with Crippen molar-refractivity contribution in [3.05, 3.63) is 76.9 Å². The number of nitrogens with zero attached hydrogens (tertiary/aromatic N) is 5. The van der Waals surface area contributed by atoms with E-state index in [0.717, 1.165) is 0 Å². The summed E-state index contributed by atoms with van der Waals surface area (Å²) in [6.07, 6.45) is 3.77. The summed E-state index contributed by atoms with van der Waals surface area (Å²) in [6.45, 7) is 6.54. The van der Waals surface area contributed by atoms with Crippen LogP contribution in [0.15, 0.2) is 64.6 Å². The van der Waals surface area contributed by atoms with Crippen molar-refractivity contribution < 1.29 is 4.39 Å². The molecule has 0 radical (unpaired) electrons. The second-order valence-electron chi connectivity index (χ2n) is 7.30. The van der Waals surface area contributed by atoms with Gasteiger partial charge in [-0.1, -0.05) is 45.0 Å². The van der Waals surface area contributed by atoms with Crippen molar-refractivity contribution in [1.82, 2.24) is 19.5 Å². The number of aliphatic imine (C=N–C) groups is 1. The van der Waals surface area contributed by atoms with Crippen molar-refractivity contribution in [3.63, 3.8) is 0 Å². The third-order valence-electron chi connectivity index (χ3n) is 5.33.